The molecule has 10 aromatic rings. The Labute approximate surface area is 569 Å². The summed E-state index contributed by atoms with van der Waals surface area (Å²) in [6.07, 6.45) is 13.0. The van der Waals surface area contributed by atoms with Crippen LogP contribution in [0.25, 0.3) is 56.0 Å². The Hall–Kier alpha value is -11.4. The number of aromatic nitrogens is 18. The maximum absolute atomic E-state index is 13.0. The van der Waals surface area contributed by atoms with E-state index in [0.29, 0.717) is 38.5 Å². The molecule has 10 aromatic heterocycles. The number of fused-ring (bicyclic) bond motifs is 3. The first-order chi connectivity index (χ1) is 45.9. The van der Waals surface area contributed by atoms with Crippen LogP contribution in [-0.4, -0.2) is 142 Å². The van der Waals surface area contributed by atoms with Crippen molar-refractivity contribution in [2.45, 2.75) is 93.1 Å². The number of hydrogen-bond donors (Lipinski definition) is 4. The number of carbonyl (C=O) groups excluding carboxylic acids is 6. The molecule has 5 N–H and O–H groups in total. The van der Waals surface area contributed by atoms with E-state index >= 15 is 0 Å². The van der Waals surface area contributed by atoms with Crippen LogP contribution in [-0.2, 0) is 79.1 Å². The molecule has 0 aliphatic carbocycles. The molecule has 3 atom stereocenters. The molecular formula is C58H58Cl4N20O16. The lowest BCUT2D eigenvalue weighted by Crippen LogP contribution is -2.41. The zero-order chi connectivity index (χ0) is 73.2. The second-order valence-electron chi connectivity index (χ2n) is 21.2. The summed E-state index contributed by atoms with van der Waals surface area (Å²) in [4.78, 5) is 199. The highest BCUT2D eigenvalue weighted by molar-refractivity contribution is 6.97. The minimum atomic E-state index is -1.14. The van der Waals surface area contributed by atoms with Crippen LogP contribution in [0.3, 0.4) is 0 Å². The summed E-state index contributed by atoms with van der Waals surface area (Å²) in [6.45, 7) is 10.7. The van der Waals surface area contributed by atoms with E-state index in [1.54, 1.807) is 44.6 Å². The van der Waals surface area contributed by atoms with Gasteiger partial charge in [-0.15, -0.1) is 0 Å². The Morgan fingerprint density at radius 2 is 0.827 bits per heavy atom. The van der Waals surface area contributed by atoms with Crippen molar-refractivity contribution in [3.05, 3.63) is 152 Å². The van der Waals surface area contributed by atoms with Crippen LogP contribution >= 0.6 is 46.4 Å². The van der Waals surface area contributed by atoms with Crippen LogP contribution < -0.4 is 44.8 Å². The van der Waals surface area contributed by atoms with Crippen molar-refractivity contribution in [1.82, 2.24) is 86.0 Å². The van der Waals surface area contributed by atoms with Crippen molar-refractivity contribution in [1.29, 1.82) is 0 Å². The number of carboxylic acid groups (broad SMARTS) is 2. The van der Waals surface area contributed by atoms with E-state index in [-0.39, 0.29) is 76.3 Å². The molecule has 0 saturated carbocycles. The molecule has 0 unspecified atom stereocenters. The second kappa shape index (κ2) is 31.9. The van der Waals surface area contributed by atoms with Gasteiger partial charge in [0.25, 0.3) is 16.7 Å². The van der Waals surface area contributed by atoms with Crippen molar-refractivity contribution in [2.24, 2.45) is 21.1 Å². The number of nitrogens with two attached hydrogens (primary N) is 1. The fourth-order valence-electron chi connectivity index (χ4n) is 8.81. The highest BCUT2D eigenvalue weighted by Crippen LogP contribution is 2.25. The first-order valence-electron chi connectivity index (χ1n) is 28.2. The molecule has 0 spiro atoms. The van der Waals surface area contributed by atoms with Gasteiger partial charge in [0.05, 0.1) is 96.2 Å². The summed E-state index contributed by atoms with van der Waals surface area (Å²) in [6, 6.07) is 0.553. The van der Waals surface area contributed by atoms with Crippen LogP contribution in [0.4, 0.5) is 11.6 Å². The van der Waals surface area contributed by atoms with Gasteiger partial charge in [-0.3, -0.25) is 90.5 Å². The van der Waals surface area contributed by atoms with Crippen molar-refractivity contribution in [2.75, 3.05) is 11.1 Å². The average Bonchev–Trinajstić information content (AvgIpc) is 1.57. The topological polar surface area (TPSA) is 478 Å². The predicted molar refractivity (Wildman–Crippen MR) is 354 cm³/mol. The van der Waals surface area contributed by atoms with Gasteiger partial charge in [0.2, 0.25) is 5.91 Å². The molecule has 0 aliphatic heterocycles. The average molecular weight is 1430 g/mol. The van der Waals surface area contributed by atoms with Crippen LogP contribution in [0, 0.1) is 13.8 Å². The van der Waals surface area contributed by atoms with E-state index in [4.69, 9.17) is 39.1 Å². The monoisotopic (exact) mass is 1430 g/mol. The molecule has 98 heavy (non-hydrogen) atoms. The number of nitrogens with zero attached hydrogens (tertiary/aromatic N) is 18. The Kier molecular flexibility index (Phi) is 24.6. The van der Waals surface area contributed by atoms with Gasteiger partial charge in [0.1, 0.15) is 41.3 Å². The van der Waals surface area contributed by atoms with Crippen molar-refractivity contribution in [3.8, 4) is 22.5 Å². The third-order valence-corrected chi connectivity index (χ3v) is 15.2. The summed E-state index contributed by atoms with van der Waals surface area (Å²) in [5.74, 6) is -3.28. The van der Waals surface area contributed by atoms with Gasteiger partial charge in [0, 0.05) is 44.7 Å². The molecule has 0 bridgehead atoms. The third kappa shape index (κ3) is 17.2. The molecular weight excluding hydrogens is 1370 g/mol. The van der Waals surface area contributed by atoms with Gasteiger partial charge in [-0.2, -0.15) is 0 Å². The van der Waals surface area contributed by atoms with E-state index in [1.807, 2.05) is 6.92 Å². The normalized spacial score (nSPS) is 11.7. The predicted octanol–water partition coefficient (Wildman–Crippen LogP) is 2.36. The van der Waals surface area contributed by atoms with Crippen LogP contribution in [0.1, 0.15) is 71.1 Å². The highest BCUT2D eigenvalue weighted by atomic mass is 35.5. The number of carbonyl (C=O) groups is 8. The smallest absolute Gasteiger partial charge is 0.332 e. The molecule has 514 valence electrons. The number of nitrogen functional groups attached to an aromatic ring is 1. The number of imidazole rings is 3. The van der Waals surface area contributed by atoms with Gasteiger partial charge < -0.3 is 35.0 Å². The Morgan fingerprint density at radius 3 is 1.13 bits per heavy atom. The van der Waals surface area contributed by atoms with E-state index in [1.165, 1.54) is 107 Å². The Balaban J connectivity index is 0.000000209. The molecule has 10 heterocycles. The van der Waals surface area contributed by atoms with Crippen molar-refractivity contribution < 1.29 is 48.6 Å². The number of Topliss-reactive ketones (excluding diaryl/α,β-unsaturated/α-hetero) is 3. The van der Waals surface area contributed by atoms with Gasteiger partial charge in [-0.25, -0.2) is 48.9 Å². The van der Waals surface area contributed by atoms with Gasteiger partial charge >= 0.3 is 39.5 Å². The lowest BCUT2D eigenvalue weighted by atomic mass is 10.2. The lowest BCUT2D eigenvalue weighted by molar-refractivity contribution is -0.141. The maximum Gasteiger partial charge on any atom is 0.332 e. The van der Waals surface area contributed by atoms with Crippen LogP contribution in [0.15, 0.2) is 97.1 Å². The van der Waals surface area contributed by atoms with E-state index in [0.717, 1.165) is 38.7 Å². The maximum atomic E-state index is 13.0. The number of hydrogen-bond acceptors (Lipinski definition) is 24. The standard InChI is InChI=1S/C22H21ClN8O4.2C12H14N4O5.C10H9ClN4.C2Cl2O2/c1-11(32)9-30-21(34)18-19(29(4)22(30)35)26-10-31(18)13(3)20(33)28-17-8-24-7-16(27-17)14-5-15(23)12(2)25-6-14;2*1-6(17)4-15-10(18)8-9(14(3)12(15)21)13-5-16(8)7(2)11(19)20;1-6-8(11)2-7(3-14-6)9-4-13-5-10(12)15-9;3-1(5)2(4)6/h5-8,10,13H,9H2,1-4H3,(H,27,28,33);2*5,7H,4H2,1-3H3,(H,19,20);2-5H,1H3,(H2,12,15);/t13-;2*7-;;/m000../s1. The zero-order valence-electron chi connectivity index (χ0n) is 53.5. The minimum absolute atomic E-state index is 0.0201. The van der Waals surface area contributed by atoms with E-state index < -0.39 is 80.2 Å². The number of aryl methyl sites for hydroxylation is 5. The molecule has 0 aromatic carbocycles. The quantitative estimate of drug-likeness (QED) is 0.0796. The summed E-state index contributed by atoms with van der Waals surface area (Å²) >= 11 is 21.1. The number of rotatable bonds is 16. The van der Waals surface area contributed by atoms with Crippen molar-refractivity contribution >= 4 is 137 Å². The van der Waals surface area contributed by atoms with Crippen molar-refractivity contribution in [3.63, 3.8) is 0 Å². The molecule has 1 amide bonds. The molecule has 0 saturated heterocycles. The van der Waals surface area contributed by atoms with Crippen LogP contribution in [0.2, 0.25) is 10.0 Å². The zero-order valence-corrected chi connectivity index (χ0v) is 56.5. The fraction of sp³-hybridized carbons (Fsp3) is 0.293. The number of ketones is 3. The first kappa shape index (κ1) is 75.7. The summed E-state index contributed by atoms with van der Waals surface area (Å²) in [5, 5.41) is 19.6. The molecule has 10 rings (SSSR count). The molecule has 0 aliphatic rings. The van der Waals surface area contributed by atoms with Gasteiger partial charge in [-0.1, -0.05) is 23.2 Å². The molecule has 36 nitrogen and oxygen atoms in total. The number of amides is 1. The van der Waals surface area contributed by atoms with E-state index in [9.17, 15) is 67.1 Å². The number of aliphatic carboxylic acids is 2. The molecule has 0 fully saturated rings. The number of carboxylic acids is 2. The number of halogens is 4. The summed E-state index contributed by atoms with van der Waals surface area (Å²) < 4.78 is 9.47. The van der Waals surface area contributed by atoms with E-state index in [2.05, 4.69) is 73.4 Å². The number of nitrogens with one attached hydrogen (secondary N) is 1. The SMILES string of the molecule is CC(=O)Cn1c(=O)c2c(ncn2[C@@H](C)C(=O)Nc2cncc(-c3cnc(C)c(Cl)c3)n2)n(C)c1=O.CC(=O)Cn1c(=O)c2c(ncn2[C@@H](C)C(=O)O)n(C)c1=O.CC(=O)Cn1c(=O)c2c(ncn2[C@@H](C)C(=O)O)n(C)c1=O.Cc1ncc(-c2cncc(N)n2)cc1Cl.O=C(Cl)C(=O)Cl. The minimum Gasteiger partial charge on any atom is -0.480 e. The second-order valence-corrected chi connectivity index (χ2v) is 22.7. The highest BCUT2D eigenvalue weighted by Gasteiger charge is 2.26. The van der Waals surface area contributed by atoms with Crippen LogP contribution in [0.5, 0.6) is 0 Å². The number of pyridine rings is 2. The molecule has 40 heteroatoms. The fourth-order valence-corrected chi connectivity index (χ4v) is 9.14. The summed E-state index contributed by atoms with van der Waals surface area (Å²) in [5.41, 5.74) is 5.65. The largest absolute Gasteiger partial charge is 0.480 e. The third-order valence-electron chi connectivity index (χ3n) is 14.0. The molecule has 0 radical (unpaired) electrons. The van der Waals surface area contributed by atoms with Gasteiger partial charge in [0.15, 0.2) is 39.3 Å². The summed E-state index contributed by atoms with van der Waals surface area (Å²) in [7, 11) is 4.25. The van der Waals surface area contributed by atoms with Gasteiger partial charge in [-0.05, 0) is 90.7 Å². The number of anilines is 2. The Bertz CT molecular complexity index is 5100. The Morgan fingerprint density at radius 1 is 0.500 bits per heavy atom. The first-order valence-corrected chi connectivity index (χ1v) is 29.7. The lowest BCUT2D eigenvalue weighted by Gasteiger charge is -2.15.